The third-order valence-corrected chi connectivity index (χ3v) is 4.47. The number of aryl methyl sites for hydroxylation is 1. The van der Waals surface area contributed by atoms with Crippen molar-refractivity contribution < 1.29 is 23.1 Å². The molecule has 0 saturated heterocycles. The van der Waals surface area contributed by atoms with E-state index in [1.165, 1.54) is 18.3 Å². The number of nitrogens with zero attached hydrogens (tertiary/aromatic N) is 2. The van der Waals surface area contributed by atoms with Gasteiger partial charge in [0, 0.05) is 16.8 Å². The lowest BCUT2D eigenvalue weighted by molar-refractivity contribution is -0.119. The molecular weight excluding hydrogens is 396 g/mol. The number of hydrogen-bond donors (Lipinski definition) is 1. The van der Waals surface area contributed by atoms with Crippen LogP contribution in [-0.4, -0.2) is 29.2 Å². The Morgan fingerprint density at radius 1 is 1.37 bits per heavy atom. The Morgan fingerprint density at radius 3 is 2.81 bits per heavy atom. The molecule has 2 rings (SSSR count). The van der Waals surface area contributed by atoms with Crippen molar-refractivity contribution in [3.8, 4) is 5.40 Å². The summed E-state index contributed by atoms with van der Waals surface area (Å²) in [6, 6.07) is 7.75. The molecule has 0 radical (unpaired) electrons. The fraction of sp³-hybridized carbons (Fsp3) is 0.176. The highest BCUT2D eigenvalue weighted by Gasteiger charge is 2.19. The van der Waals surface area contributed by atoms with Crippen molar-refractivity contribution in [3.05, 3.63) is 47.7 Å². The Kier molecular flexibility index (Phi) is 7.57. The van der Waals surface area contributed by atoms with Crippen LogP contribution in [0.4, 0.5) is 14.5 Å². The van der Waals surface area contributed by atoms with E-state index in [9.17, 15) is 18.4 Å². The normalized spacial score (nSPS) is 10.3. The number of carbonyl (C=O) groups is 2. The van der Waals surface area contributed by atoms with Crippen LogP contribution in [0.5, 0.6) is 0 Å². The Labute approximate surface area is 162 Å². The summed E-state index contributed by atoms with van der Waals surface area (Å²) in [6.07, 6.45) is 1.28. The van der Waals surface area contributed by atoms with Gasteiger partial charge in [-0.05, 0) is 66.3 Å². The molecular formula is C17H13F2N3O3S2. The molecule has 0 spiro atoms. The van der Waals surface area contributed by atoms with Crippen LogP contribution in [0.15, 0.2) is 46.5 Å². The maximum atomic E-state index is 12.5. The Bertz CT molecular complexity index is 888. The van der Waals surface area contributed by atoms with E-state index >= 15 is 0 Å². The molecule has 1 N–H and O–H groups in total. The van der Waals surface area contributed by atoms with E-state index < -0.39 is 24.2 Å². The summed E-state index contributed by atoms with van der Waals surface area (Å²) in [7, 11) is 0. The van der Waals surface area contributed by atoms with Crippen molar-refractivity contribution in [2.75, 3.05) is 11.9 Å². The molecule has 1 aromatic carbocycles. The van der Waals surface area contributed by atoms with Gasteiger partial charge < -0.3 is 10.1 Å². The average Bonchev–Trinajstić information content (AvgIpc) is 2.62. The van der Waals surface area contributed by atoms with Crippen LogP contribution in [0, 0.1) is 17.6 Å². The van der Waals surface area contributed by atoms with Crippen LogP contribution in [-0.2, 0) is 9.53 Å². The maximum Gasteiger partial charge on any atom is 0.341 e. The van der Waals surface area contributed by atoms with E-state index in [0.717, 1.165) is 22.2 Å². The number of anilines is 1. The number of aromatic nitrogens is 1. The summed E-state index contributed by atoms with van der Waals surface area (Å²) in [5.74, 6) is -4.24. The van der Waals surface area contributed by atoms with Gasteiger partial charge >= 0.3 is 5.97 Å². The zero-order valence-electron chi connectivity index (χ0n) is 13.9. The fourth-order valence-electron chi connectivity index (χ4n) is 2.01. The summed E-state index contributed by atoms with van der Waals surface area (Å²) in [6.45, 7) is 1.17. The fourth-order valence-corrected chi connectivity index (χ4v) is 3.06. The smallest absolute Gasteiger partial charge is 0.341 e. The second-order valence-corrected chi connectivity index (χ2v) is 6.87. The lowest BCUT2D eigenvalue weighted by Crippen LogP contribution is -2.21. The lowest BCUT2D eigenvalue weighted by atomic mass is 10.2. The van der Waals surface area contributed by atoms with Gasteiger partial charge in [0.05, 0.1) is 5.56 Å². The van der Waals surface area contributed by atoms with Crippen molar-refractivity contribution in [1.82, 2.24) is 4.98 Å². The Balaban J connectivity index is 1.96. The largest absolute Gasteiger partial charge is 0.452 e. The van der Waals surface area contributed by atoms with Gasteiger partial charge in [0.25, 0.3) is 11.7 Å². The van der Waals surface area contributed by atoms with E-state index in [-0.39, 0.29) is 22.4 Å². The second-order valence-electron chi connectivity index (χ2n) is 5.03. The molecule has 140 valence electrons. The quantitative estimate of drug-likeness (QED) is 0.419. The number of benzene rings is 1. The van der Waals surface area contributed by atoms with Crippen LogP contribution in [0.3, 0.4) is 0 Å². The van der Waals surface area contributed by atoms with Gasteiger partial charge in [-0.3, -0.25) is 4.79 Å². The molecule has 0 aliphatic rings. The summed E-state index contributed by atoms with van der Waals surface area (Å²) in [5.41, 5.74) is 1.11. The number of hydrogen-bond acceptors (Lipinski definition) is 7. The SMILES string of the molecule is Cc1cc(SC#N)ccc1NC(=O)COC(=O)c1cccnc1SC(F)F. The number of thioether (sulfide) groups is 2. The monoisotopic (exact) mass is 409 g/mol. The van der Waals surface area contributed by atoms with Gasteiger partial charge in [0.2, 0.25) is 0 Å². The van der Waals surface area contributed by atoms with E-state index in [0.29, 0.717) is 5.69 Å². The zero-order chi connectivity index (χ0) is 19.8. The number of nitriles is 1. The van der Waals surface area contributed by atoms with Crippen molar-refractivity contribution in [2.24, 2.45) is 0 Å². The van der Waals surface area contributed by atoms with Gasteiger partial charge in [0.1, 0.15) is 10.4 Å². The van der Waals surface area contributed by atoms with Gasteiger partial charge in [0.15, 0.2) is 6.61 Å². The Morgan fingerprint density at radius 2 is 2.15 bits per heavy atom. The molecule has 0 atom stereocenters. The third kappa shape index (κ3) is 6.23. The van der Waals surface area contributed by atoms with Crippen LogP contribution < -0.4 is 5.32 Å². The number of amides is 1. The van der Waals surface area contributed by atoms with E-state index in [1.807, 2.05) is 5.40 Å². The first-order chi connectivity index (χ1) is 12.9. The minimum Gasteiger partial charge on any atom is -0.452 e. The van der Waals surface area contributed by atoms with Crippen LogP contribution in [0.25, 0.3) is 0 Å². The number of ether oxygens (including phenoxy) is 1. The number of nitrogens with one attached hydrogen (secondary N) is 1. The number of halogens is 2. The third-order valence-electron chi connectivity index (χ3n) is 3.16. The molecule has 0 aliphatic carbocycles. The molecule has 0 fully saturated rings. The van der Waals surface area contributed by atoms with Crippen molar-refractivity contribution in [2.45, 2.75) is 22.6 Å². The Hall–Kier alpha value is -2.64. The van der Waals surface area contributed by atoms with E-state index in [2.05, 4.69) is 10.3 Å². The minimum absolute atomic E-state index is 0.127. The highest BCUT2D eigenvalue weighted by atomic mass is 32.2. The van der Waals surface area contributed by atoms with E-state index in [1.54, 1.807) is 25.1 Å². The van der Waals surface area contributed by atoms with Crippen molar-refractivity contribution in [1.29, 1.82) is 5.26 Å². The molecule has 2 aromatic rings. The number of esters is 1. The highest BCUT2D eigenvalue weighted by Crippen LogP contribution is 2.27. The predicted octanol–water partition coefficient (Wildman–Crippen LogP) is 4.07. The zero-order valence-corrected chi connectivity index (χ0v) is 15.6. The van der Waals surface area contributed by atoms with Gasteiger partial charge in [-0.15, -0.1) is 0 Å². The summed E-state index contributed by atoms with van der Waals surface area (Å²) >= 11 is 1.12. The molecule has 1 amide bonds. The molecule has 0 unspecified atom stereocenters. The molecule has 0 saturated carbocycles. The summed E-state index contributed by atoms with van der Waals surface area (Å²) in [4.78, 5) is 28.5. The predicted molar refractivity (Wildman–Crippen MR) is 97.7 cm³/mol. The highest BCUT2D eigenvalue weighted by molar-refractivity contribution is 8.03. The van der Waals surface area contributed by atoms with Crippen molar-refractivity contribution >= 4 is 41.1 Å². The van der Waals surface area contributed by atoms with E-state index in [4.69, 9.17) is 10.00 Å². The molecule has 6 nitrogen and oxygen atoms in total. The number of pyridine rings is 1. The van der Waals surface area contributed by atoms with Gasteiger partial charge in [-0.25, -0.2) is 9.78 Å². The maximum absolute atomic E-state index is 12.5. The first-order valence-electron chi connectivity index (χ1n) is 7.44. The van der Waals surface area contributed by atoms with Crippen LogP contribution in [0.1, 0.15) is 15.9 Å². The molecule has 0 bridgehead atoms. The number of thiocyanates is 1. The second kappa shape index (κ2) is 9.89. The van der Waals surface area contributed by atoms with Gasteiger partial charge in [-0.1, -0.05) is 0 Å². The van der Waals surface area contributed by atoms with Gasteiger partial charge in [-0.2, -0.15) is 14.0 Å². The standard InChI is InChI=1S/C17H13F2N3O3S2/c1-10-7-11(26-9-20)4-5-13(10)22-14(23)8-25-16(24)12-3-2-6-21-15(12)27-17(18)19/h2-7,17H,8H2,1H3,(H,22,23). The first kappa shape index (κ1) is 20.7. The lowest BCUT2D eigenvalue weighted by Gasteiger charge is -2.10. The first-order valence-corrected chi connectivity index (χ1v) is 9.13. The van der Waals surface area contributed by atoms with Crippen LogP contribution >= 0.6 is 23.5 Å². The minimum atomic E-state index is -2.74. The average molecular weight is 409 g/mol. The molecule has 10 heteroatoms. The summed E-state index contributed by atoms with van der Waals surface area (Å²) in [5, 5.41) is 13.0. The molecule has 27 heavy (non-hydrogen) atoms. The topological polar surface area (TPSA) is 92.1 Å². The molecule has 0 aliphatic heterocycles. The number of rotatable bonds is 7. The molecule has 1 aromatic heterocycles. The summed E-state index contributed by atoms with van der Waals surface area (Å²) < 4.78 is 29.9. The van der Waals surface area contributed by atoms with Crippen LogP contribution in [0.2, 0.25) is 0 Å². The number of carbonyl (C=O) groups excluding carboxylic acids is 2. The molecule has 1 heterocycles. The number of alkyl halides is 2. The van der Waals surface area contributed by atoms with Crippen molar-refractivity contribution in [3.63, 3.8) is 0 Å².